The second-order valence-corrected chi connectivity index (χ2v) is 6.19. The van der Waals surface area contributed by atoms with Gasteiger partial charge in [-0.25, -0.2) is 4.79 Å². The van der Waals surface area contributed by atoms with Gasteiger partial charge in [-0.2, -0.15) is 0 Å². The van der Waals surface area contributed by atoms with Gasteiger partial charge in [0.2, 0.25) is 6.29 Å². The molecule has 0 amide bonds. The smallest absolute Gasteiger partial charge is 0.336 e. The van der Waals surface area contributed by atoms with E-state index in [1.165, 1.54) is 19.2 Å². The Labute approximate surface area is 158 Å². The summed E-state index contributed by atoms with van der Waals surface area (Å²) in [5.74, 6) is -0.401. The van der Waals surface area contributed by atoms with E-state index >= 15 is 0 Å². The van der Waals surface area contributed by atoms with Gasteiger partial charge in [0, 0.05) is 24.4 Å². The molecule has 3 rings (SSSR count). The van der Waals surface area contributed by atoms with Gasteiger partial charge in [-0.1, -0.05) is 0 Å². The Morgan fingerprint density at radius 2 is 1.93 bits per heavy atom. The Hall–Kier alpha value is -2.66. The average molecular weight is 396 g/mol. The van der Waals surface area contributed by atoms with Crippen molar-refractivity contribution in [1.82, 2.24) is 0 Å². The topological polar surface area (TPSA) is 145 Å². The SMILES string of the molecule is COc1cc2ccc(=O)oc2cc1OC1OC(CO)C(O)C(OC(C)=O)C1O. The highest BCUT2D eigenvalue weighted by atomic mass is 16.7. The summed E-state index contributed by atoms with van der Waals surface area (Å²) in [6.45, 7) is 0.516. The van der Waals surface area contributed by atoms with E-state index in [4.69, 9.17) is 23.4 Å². The van der Waals surface area contributed by atoms with Crippen LogP contribution < -0.4 is 15.1 Å². The van der Waals surface area contributed by atoms with Gasteiger partial charge >= 0.3 is 11.6 Å². The maximum atomic E-state index is 11.4. The molecule has 1 aliphatic rings. The highest BCUT2D eigenvalue weighted by molar-refractivity contribution is 5.80. The van der Waals surface area contributed by atoms with Gasteiger partial charge in [0.25, 0.3) is 0 Å². The molecule has 2 heterocycles. The number of aliphatic hydroxyl groups is 3. The normalized spacial score (nSPS) is 27.4. The minimum atomic E-state index is -1.56. The molecule has 10 heteroatoms. The summed E-state index contributed by atoms with van der Waals surface area (Å²) in [5.41, 5.74) is -0.347. The largest absolute Gasteiger partial charge is 0.493 e. The lowest BCUT2D eigenvalue weighted by atomic mass is 9.99. The van der Waals surface area contributed by atoms with Crippen molar-refractivity contribution in [3.8, 4) is 11.5 Å². The van der Waals surface area contributed by atoms with E-state index in [0.29, 0.717) is 5.39 Å². The van der Waals surface area contributed by atoms with E-state index in [0.717, 1.165) is 6.92 Å². The van der Waals surface area contributed by atoms with Gasteiger partial charge in [-0.05, 0) is 12.1 Å². The number of carbonyl (C=O) groups excluding carboxylic acids is 1. The number of methoxy groups -OCH3 is 1. The Kier molecular flexibility index (Phi) is 5.84. The molecule has 2 aromatic rings. The molecule has 5 unspecified atom stereocenters. The number of aliphatic hydroxyl groups excluding tert-OH is 3. The molecule has 0 saturated carbocycles. The van der Waals surface area contributed by atoms with Gasteiger partial charge in [0.05, 0.1) is 13.7 Å². The fraction of sp³-hybridized carbons (Fsp3) is 0.444. The summed E-state index contributed by atoms with van der Waals surface area (Å²) >= 11 is 0. The summed E-state index contributed by atoms with van der Waals surface area (Å²) in [6, 6.07) is 5.75. The van der Waals surface area contributed by atoms with Gasteiger partial charge < -0.3 is 38.7 Å². The van der Waals surface area contributed by atoms with Crippen LogP contribution in [0.2, 0.25) is 0 Å². The van der Waals surface area contributed by atoms with Gasteiger partial charge in [0.1, 0.15) is 17.8 Å². The van der Waals surface area contributed by atoms with Crippen molar-refractivity contribution in [3.63, 3.8) is 0 Å². The molecule has 1 aromatic carbocycles. The maximum Gasteiger partial charge on any atom is 0.336 e. The first-order valence-electron chi connectivity index (χ1n) is 8.42. The predicted molar refractivity (Wildman–Crippen MR) is 93.0 cm³/mol. The van der Waals surface area contributed by atoms with E-state index in [1.807, 2.05) is 0 Å². The van der Waals surface area contributed by atoms with E-state index in [1.54, 1.807) is 12.1 Å². The zero-order chi connectivity index (χ0) is 20.4. The molecule has 5 atom stereocenters. The van der Waals surface area contributed by atoms with Crippen LogP contribution in [-0.2, 0) is 14.3 Å². The quantitative estimate of drug-likeness (QED) is 0.449. The lowest BCUT2D eigenvalue weighted by molar-refractivity contribution is -0.281. The number of hydrogen-bond acceptors (Lipinski definition) is 10. The molecule has 0 radical (unpaired) electrons. The summed E-state index contributed by atoms with van der Waals surface area (Å²) in [7, 11) is 1.40. The number of esters is 1. The number of benzene rings is 1. The van der Waals surface area contributed by atoms with Gasteiger partial charge in [0.15, 0.2) is 23.7 Å². The highest BCUT2D eigenvalue weighted by Gasteiger charge is 2.47. The molecular weight excluding hydrogens is 376 g/mol. The zero-order valence-corrected chi connectivity index (χ0v) is 15.1. The van der Waals surface area contributed by atoms with E-state index in [-0.39, 0.29) is 17.1 Å². The highest BCUT2D eigenvalue weighted by Crippen LogP contribution is 2.35. The third-order valence-electron chi connectivity index (χ3n) is 4.27. The minimum absolute atomic E-state index is 0.0723. The lowest BCUT2D eigenvalue weighted by Crippen LogP contribution is -2.61. The summed E-state index contributed by atoms with van der Waals surface area (Å²) in [5, 5.41) is 30.6. The van der Waals surface area contributed by atoms with E-state index in [2.05, 4.69) is 0 Å². The van der Waals surface area contributed by atoms with Crippen LogP contribution in [-0.4, -0.2) is 65.7 Å². The Morgan fingerprint density at radius 3 is 2.57 bits per heavy atom. The molecule has 1 saturated heterocycles. The molecule has 0 aliphatic carbocycles. The van der Waals surface area contributed by atoms with Crippen molar-refractivity contribution in [2.75, 3.05) is 13.7 Å². The predicted octanol–water partition coefficient (Wildman–Crippen LogP) is -0.449. The average Bonchev–Trinajstić information content (AvgIpc) is 2.66. The van der Waals surface area contributed by atoms with Crippen molar-refractivity contribution in [1.29, 1.82) is 0 Å². The molecule has 1 fully saturated rings. The minimum Gasteiger partial charge on any atom is -0.493 e. The van der Waals surface area contributed by atoms with Crippen LogP contribution in [0.5, 0.6) is 11.5 Å². The van der Waals surface area contributed by atoms with Crippen molar-refractivity contribution < 1.29 is 43.5 Å². The molecule has 0 spiro atoms. The van der Waals surface area contributed by atoms with Gasteiger partial charge in [-0.3, -0.25) is 4.79 Å². The molecule has 10 nitrogen and oxygen atoms in total. The number of carbonyl (C=O) groups is 1. The van der Waals surface area contributed by atoms with Crippen LogP contribution in [0.15, 0.2) is 33.5 Å². The molecule has 0 bridgehead atoms. The molecular formula is C18H20O10. The first kappa shape index (κ1) is 20.1. The van der Waals surface area contributed by atoms with Crippen molar-refractivity contribution in [2.24, 2.45) is 0 Å². The van der Waals surface area contributed by atoms with E-state index < -0.39 is 48.9 Å². The molecule has 3 N–H and O–H groups in total. The van der Waals surface area contributed by atoms with Crippen LogP contribution in [0, 0.1) is 0 Å². The third-order valence-corrected chi connectivity index (χ3v) is 4.27. The lowest BCUT2D eigenvalue weighted by Gasteiger charge is -2.41. The Morgan fingerprint density at radius 1 is 1.18 bits per heavy atom. The number of ether oxygens (including phenoxy) is 4. The zero-order valence-electron chi connectivity index (χ0n) is 15.1. The van der Waals surface area contributed by atoms with E-state index in [9.17, 15) is 24.9 Å². The second kappa shape index (κ2) is 8.15. The summed E-state index contributed by atoms with van der Waals surface area (Å²) in [6.07, 6.45) is -6.98. The molecule has 1 aromatic heterocycles. The maximum absolute atomic E-state index is 11.4. The first-order chi connectivity index (χ1) is 13.3. The third kappa shape index (κ3) is 3.94. The van der Waals surface area contributed by atoms with Crippen LogP contribution in [0.4, 0.5) is 0 Å². The number of rotatable bonds is 5. The van der Waals surface area contributed by atoms with Gasteiger partial charge in [-0.15, -0.1) is 0 Å². The fourth-order valence-corrected chi connectivity index (χ4v) is 2.93. The number of hydrogen-bond donors (Lipinski definition) is 3. The Bertz CT molecular complexity index is 907. The van der Waals surface area contributed by atoms with Crippen LogP contribution >= 0.6 is 0 Å². The fourth-order valence-electron chi connectivity index (χ4n) is 2.93. The number of fused-ring (bicyclic) bond motifs is 1. The van der Waals surface area contributed by atoms with Crippen LogP contribution in [0.25, 0.3) is 11.0 Å². The van der Waals surface area contributed by atoms with Crippen molar-refractivity contribution in [2.45, 2.75) is 37.6 Å². The van der Waals surface area contributed by atoms with Crippen molar-refractivity contribution >= 4 is 16.9 Å². The molecule has 1 aliphatic heterocycles. The molecule has 28 heavy (non-hydrogen) atoms. The van der Waals surface area contributed by atoms with Crippen LogP contribution in [0.1, 0.15) is 6.92 Å². The van der Waals surface area contributed by atoms with Crippen molar-refractivity contribution in [3.05, 3.63) is 34.7 Å². The summed E-state index contributed by atoms with van der Waals surface area (Å²) < 4.78 is 26.4. The first-order valence-corrected chi connectivity index (χ1v) is 8.42. The monoisotopic (exact) mass is 396 g/mol. The summed E-state index contributed by atoms with van der Waals surface area (Å²) in [4.78, 5) is 22.7. The second-order valence-electron chi connectivity index (χ2n) is 6.19. The molecule has 152 valence electrons. The standard InChI is InChI=1S/C18H20O10/c1-8(20)25-17-15(22)13(7-19)28-18(16(17)23)27-12-6-10-9(5-11(12)24-2)3-4-14(21)26-10/h3-6,13,15-19,22-23H,7H2,1-2H3. The Balaban J connectivity index is 1.94. The van der Waals surface area contributed by atoms with Crippen LogP contribution in [0.3, 0.4) is 0 Å².